The standard InChI is InChI=1S/C4H10N2S2/c5-1-2-8-4(6)3-7/h4-5H,1-3,6H2. The van der Waals surface area contributed by atoms with Crippen LogP contribution in [0.1, 0.15) is 0 Å². The first-order chi connectivity index (χ1) is 3.81. The molecule has 4 heteroatoms. The van der Waals surface area contributed by atoms with E-state index in [1.165, 1.54) is 0 Å². The molecule has 2 nitrogen and oxygen atoms in total. The van der Waals surface area contributed by atoms with E-state index in [-0.39, 0.29) is 5.37 Å². The van der Waals surface area contributed by atoms with Crippen LogP contribution in [0.25, 0.3) is 0 Å². The van der Waals surface area contributed by atoms with Gasteiger partial charge in [-0.3, -0.25) is 5.73 Å². The minimum atomic E-state index is 0.0651. The zero-order chi connectivity index (χ0) is 6.41. The van der Waals surface area contributed by atoms with E-state index in [1.807, 2.05) is 0 Å². The summed E-state index contributed by atoms with van der Waals surface area (Å²) >= 11 is 6.24. The molecule has 1 atom stereocenters. The highest BCUT2D eigenvalue weighted by Crippen LogP contribution is 2.04. The highest BCUT2D eigenvalue weighted by molar-refractivity contribution is 8.00. The van der Waals surface area contributed by atoms with Crippen LogP contribution in [0.2, 0.25) is 0 Å². The van der Waals surface area contributed by atoms with Gasteiger partial charge < -0.3 is 5.73 Å². The molecular weight excluding hydrogens is 140 g/mol. The number of nitrogens with one attached hydrogen (secondary N) is 1. The Morgan fingerprint density at radius 3 is 2.75 bits per heavy atom. The fourth-order valence-corrected chi connectivity index (χ4v) is 1.06. The third-order valence-electron chi connectivity index (χ3n) is 0.598. The van der Waals surface area contributed by atoms with E-state index >= 15 is 0 Å². The second-order valence-electron chi connectivity index (χ2n) is 1.33. The summed E-state index contributed by atoms with van der Waals surface area (Å²) < 4.78 is 0. The molecule has 0 aromatic heterocycles. The summed E-state index contributed by atoms with van der Waals surface area (Å²) in [7, 11) is 0. The SMILES string of the molecule is [NH]CCSC(N)C[S]. The molecule has 0 aliphatic heterocycles. The fourth-order valence-electron chi connectivity index (χ4n) is 0.258. The van der Waals surface area contributed by atoms with Crippen molar-refractivity contribution in [3.63, 3.8) is 0 Å². The molecule has 0 rings (SSSR count). The van der Waals surface area contributed by atoms with Gasteiger partial charge in [-0.25, -0.2) is 0 Å². The van der Waals surface area contributed by atoms with Crippen molar-refractivity contribution in [3.8, 4) is 0 Å². The van der Waals surface area contributed by atoms with Gasteiger partial charge in [-0.1, -0.05) is 12.6 Å². The van der Waals surface area contributed by atoms with Crippen LogP contribution in [0.3, 0.4) is 0 Å². The number of thioether (sulfide) groups is 1. The van der Waals surface area contributed by atoms with Crippen molar-refractivity contribution in [2.45, 2.75) is 5.37 Å². The molecule has 0 spiro atoms. The van der Waals surface area contributed by atoms with Crippen molar-refractivity contribution < 1.29 is 0 Å². The molecule has 0 aliphatic rings. The van der Waals surface area contributed by atoms with Gasteiger partial charge in [-0.15, -0.1) is 11.8 Å². The molecule has 3 N–H and O–H groups in total. The fraction of sp³-hybridized carbons (Fsp3) is 1.00. The van der Waals surface area contributed by atoms with Crippen molar-refractivity contribution in [2.24, 2.45) is 5.73 Å². The van der Waals surface area contributed by atoms with E-state index in [0.29, 0.717) is 12.3 Å². The Kier molecular flexibility index (Phi) is 6.20. The van der Waals surface area contributed by atoms with E-state index in [2.05, 4.69) is 12.6 Å². The molecule has 0 saturated heterocycles. The molecule has 0 saturated carbocycles. The van der Waals surface area contributed by atoms with Gasteiger partial charge in [0.05, 0.1) is 5.37 Å². The third kappa shape index (κ3) is 4.77. The van der Waals surface area contributed by atoms with Crippen LogP contribution in [0.5, 0.6) is 0 Å². The second kappa shape index (κ2) is 5.75. The van der Waals surface area contributed by atoms with Crippen LogP contribution in [0, 0.1) is 0 Å². The molecule has 0 heterocycles. The minimum Gasteiger partial charge on any atom is -0.319 e. The Labute approximate surface area is 59.8 Å². The zero-order valence-corrected chi connectivity index (χ0v) is 6.23. The van der Waals surface area contributed by atoms with Crippen LogP contribution in [0.15, 0.2) is 0 Å². The maximum absolute atomic E-state index is 6.76. The lowest BCUT2D eigenvalue weighted by atomic mass is 10.8. The summed E-state index contributed by atoms with van der Waals surface area (Å²) in [6.45, 7) is 0.438. The highest BCUT2D eigenvalue weighted by Gasteiger charge is 1.96. The Morgan fingerprint density at radius 2 is 2.38 bits per heavy atom. The number of rotatable bonds is 4. The predicted octanol–water partition coefficient (Wildman–Crippen LogP) is 0.485. The first-order valence-electron chi connectivity index (χ1n) is 2.41. The van der Waals surface area contributed by atoms with E-state index in [4.69, 9.17) is 11.5 Å². The Bertz CT molecular complexity index is 51.3. The quantitative estimate of drug-likeness (QED) is 0.593. The summed E-state index contributed by atoms with van der Waals surface area (Å²) in [4.78, 5) is 0. The topological polar surface area (TPSA) is 49.8 Å². The molecule has 0 amide bonds. The van der Waals surface area contributed by atoms with Gasteiger partial charge in [0.2, 0.25) is 0 Å². The van der Waals surface area contributed by atoms with Crippen molar-refractivity contribution >= 4 is 24.4 Å². The second-order valence-corrected chi connectivity index (χ2v) is 3.01. The summed E-state index contributed by atoms with van der Waals surface area (Å²) in [5.41, 5.74) is 12.2. The molecule has 8 heavy (non-hydrogen) atoms. The van der Waals surface area contributed by atoms with Gasteiger partial charge in [-0.2, -0.15) is 0 Å². The lowest BCUT2D eigenvalue weighted by molar-refractivity contribution is 1.04. The van der Waals surface area contributed by atoms with Gasteiger partial charge >= 0.3 is 0 Å². The molecule has 48 valence electrons. The smallest absolute Gasteiger partial charge is 0.0607 e. The van der Waals surface area contributed by atoms with Crippen LogP contribution in [0.4, 0.5) is 0 Å². The molecule has 2 radical (unpaired) electrons. The monoisotopic (exact) mass is 150 g/mol. The molecule has 0 fully saturated rings. The van der Waals surface area contributed by atoms with E-state index in [1.54, 1.807) is 11.8 Å². The van der Waals surface area contributed by atoms with E-state index < -0.39 is 0 Å². The van der Waals surface area contributed by atoms with Gasteiger partial charge in [0.1, 0.15) is 0 Å². The summed E-state index contributed by atoms with van der Waals surface area (Å²) in [6.07, 6.45) is 0. The molecule has 1 unspecified atom stereocenters. The maximum atomic E-state index is 6.76. The van der Waals surface area contributed by atoms with Gasteiger partial charge in [-0.05, 0) is 0 Å². The highest BCUT2D eigenvalue weighted by atomic mass is 32.2. The number of hydrogen-bond donors (Lipinski definition) is 1. The summed E-state index contributed by atoms with van der Waals surface area (Å²) in [5, 5.41) is 0.0651. The van der Waals surface area contributed by atoms with Crippen molar-refractivity contribution in [1.82, 2.24) is 5.73 Å². The van der Waals surface area contributed by atoms with Crippen molar-refractivity contribution in [2.75, 3.05) is 18.1 Å². The Hall–Kier alpha value is 0.620. The van der Waals surface area contributed by atoms with E-state index in [9.17, 15) is 0 Å². The molecule has 0 aromatic carbocycles. The lowest BCUT2D eigenvalue weighted by Crippen LogP contribution is -2.18. The predicted molar refractivity (Wildman–Crippen MR) is 40.9 cm³/mol. The average Bonchev–Trinajstić information content (AvgIpc) is 1.83. The van der Waals surface area contributed by atoms with Gasteiger partial charge in [0, 0.05) is 18.1 Å². The van der Waals surface area contributed by atoms with E-state index in [0.717, 1.165) is 5.75 Å². The van der Waals surface area contributed by atoms with Crippen LogP contribution in [-0.4, -0.2) is 23.4 Å². The maximum Gasteiger partial charge on any atom is 0.0607 e. The Morgan fingerprint density at radius 1 is 1.75 bits per heavy atom. The molecule has 0 aliphatic carbocycles. The summed E-state index contributed by atoms with van der Waals surface area (Å²) in [6, 6.07) is 0. The normalized spacial score (nSPS) is 13.9. The minimum absolute atomic E-state index is 0.0651. The van der Waals surface area contributed by atoms with Crippen LogP contribution in [-0.2, 0) is 0 Å². The largest absolute Gasteiger partial charge is 0.319 e. The Balaban J connectivity index is 2.86. The van der Waals surface area contributed by atoms with Crippen LogP contribution < -0.4 is 11.5 Å². The van der Waals surface area contributed by atoms with Gasteiger partial charge in [0.25, 0.3) is 0 Å². The zero-order valence-electron chi connectivity index (χ0n) is 4.59. The summed E-state index contributed by atoms with van der Waals surface area (Å²) in [5.74, 6) is 1.39. The van der Waals surface area contributed by atoms with Crippen LogP contribution >= 0.6 is 24.4 Å². The third-order valence-corrected chi connectivity index (χ3v) is 2.20. The van der Waals surface area contributed by atoms with Crippen molar-refractivity contribution in [3.05, 3.63) is 0 Å². The number of nitrogens with two attached hydrogens (primary N) is 1. The molecular formula is C4H10N2S2. The molecule has 0 bridgehead atoms. The van der Waals surface area contributed by atoms with Crippen molar-refractivity contribution in [1.29, 1.82) is 0 Å². The average molecular weight is 150 g/mol. The number of hydrogen-bond acceptors (Lipinski definition) is 2. The first kappa shape index (κ1) is 8.62. The lowest BCUT2D eigenvalue weighted by Gasteiger charge is -2.03. The first-order valence-corrected chi connectivity index (χ1v) is 4.03. The van der Waals surface area contributed by atoms with Gasteiger partial charge in [0.15, 0.2) is 0 Å². The molecule has 0 aromatic rings.